The van der Waals surface area contributed by atoms with Gasteiger partial charge in [0.25, 0.3) is 5.56 Å². The second-order valence-corrected chi connectivity index (χ2v) is 9.50. The SMILES string of the molecule is CC(C)OC(=O)[C@H](C)NP(=O)(O)OC[C@@]1(CF)O[C@@H](n2ccc(=O)[nH]c2=O)[C@](C)(O)[C@@H]1O. The average molecular weight is 483 g/mol. The summed E-state index contributed by atoms with van der Waals surface area (Å²) in [5, 5.41) is 23.3. The van der Waals surface area contributed by atoms with Gasteiger partial charge in [-0.3, -0.25) is 23.7 Å². The lowest BCUT2D eigenvalue weighted by molar-refractivity contribution is -0.149. The number of nitrogens with zero attached hydrogens (tertiary/aromatic N) is 1. The number of aromatic nitrogens is 2. The van der Waals surface area contributed by atoms with Crippen LogP contribution in [0.25, 0.3) is 0 Å². The van der Waals surface area contributed by atoms with Crippen LogP contribution in [-0.2, 0) is 23.4 Å². The van der Waals surface area contributed by atoms with Crippen LogP contribution >= 0.6 is 7.75 Å². The standard InChI is InChI=1S/C17H27FN3O10P/c1-9(2)30-12(23)10(3)20-32(27,28)29-8-17(7-18)13(24)16(4,26)14(31-17)21-6-5-11(22)19-15(21)25/h5-6,9-10,13-14,24,26H,7-8H2,1-4H3,(H,19,22,25)(H2,20,27,28)/t10-,13-,14+,16+,17+/m0/s1. The fourth-order valence-corrected chi connectivity index (χ4v) is 4.21. The van der Waals surface area contributed by atoms with Crippen LogP contribution in [0.15, 0.2) is 21.9 Å². The fraction of sp³-hybridized carbons (Fsp3) is 0.706. The van der Waals surface area contributed by atoms with Crippen molar-refractivity contribution in [3.05, 3.63) is 33.1 Å². The minimum absolute atomic E-state index is 0.474. The molecule has 0 aliphatic carbocycles. The molecular weight excluding hydrogens is 456 g/mol. The van der Waals surface area contributed by atoms with Gasteiger partial charge in [-0.15, -0.1) is 0 Å². The second-order valence-electron chi connectivity index (χ2n) is 7.94. The summed E-state index contributed by atoms with van der Waals surface area (Å²) in [5.41, 5.74) is -6.36. The maximum absolute atomic E-state index is 14.0. The van der Waals surface area contributed by atoms with E-state index in [9.17, 15) is 38.4 Å². The van der Waals surface area contributed by atoms with Gasteiger partial charge in [0.2, 0.25) is 0 Å². The molecule has 1 saturated heterocycles. The quantitative estimate of drug-likeness (QED) is 0.212. The highest BCUT2D eigenvalue weighted by Crippen LogP contribution is 2.47. The molecule has 1 aromatic rings. The number of aliphatic hydroxyl groups is 2. The van der Waals surface area contributed by atoms with Gasteiger partial charge in [0, 0.05) is 12.3 Å². The van der Waals surface area contributed by atoms with E-state index < -0.39 is 73.9 Å². The van der Waals surface area contributed by atoms with Crippen LogP contribution in [0.5, 0.6) is 0 Å². The lowest BCUT2D eigenvalue weighted by Gasteiger charge is -2.31. The molecule has 0 bridgehead atoms. The zero-order valence-electron chi connectivity index (χ0n) is 17.9. The molecule has 2 heterocycles. The third kappa shape index (κ3) is 5.52. The lowest BCUT2D eigenvalue weighted by Crippen LogP contribution is -2.53. The van der Waals surface area contributed by atoms with E-state index in [1.807, 2.05) is 10.1 Å². The van der Waals surface area contributed by atoms with E-state index in [4.69, 9.17) is 14.0 Å². The molecule has 0 amide bonds. The Bertz CT molecular complexity index is 995. The summed E-state index contributed by atoms with van der Waals surface area (Å²) in [5.74, 6) is -0.837. The summed E-state index contributed by atoms with van der Waals surface area (Å²) < 4.78 is 42.2. The Hall–Kier alpha value is -1.93. The van der Waals surface area contributed by atoms with Gasteiger partial charge in [0.05, 0.1) is 12.7 Å². The van der Waals surface area contributed by atoms with E-state index in [-0.39, 0.29) is 0 Å². The molecule has 182 valence electrons. The molecule has 32 heavy (non-hydrogen) atoms. The zero-order valence-corrected chi connectivity index (χ0v) is 18.7. The number of ether oxygens (including phenoxy) is 2. The van der Waals surface area contributed by atoms with Crippen molar-refractivity contribution in [3.63, 3.8) is 0 Å². The van der Waals surface area contributed by atoms with Gasteiger partial charge in [0.15, 0.2) is 11.8 Å². The van der Waals surface area contributed by atoms with Crippen molar-refractivity contribution in [1.82, 2.24) is 14.6 Å². The maximum Gasteiger partial charge on any atom is 0.403 e. The molecule has 1 aromatic heterocycles. The zero-order chi connectivity index (χ0) is 24.5. The van der Waals surface area contributed by atoms with Crippen LogP contribution in [0.4, 0.5) is 4.39 Å². The molecule has 0 radical (unpaired) electrons. The van der Waals surface area contributed by atoms with E-state index in [1.54, 1.807) is 13.8 Å². The molecule has 6 atom stereocenters. The molecule has 15 heteroatoms. The Morgan fingerprint density at radius 2 is 2.06 bits per heavy atom. The number of aromatic amines is 1. The first-order valence-electron chi connectivity index (χ1n) is 9.56. The van der Waals surface area contributed by atoms with Crippen LogP contribution in [0, 0.1) is 0 Å². The molecule has 0 spiro atoms. The predicted octanol–water partition coefficient (Wildman–Crippen LogP) is -1.07. The Kier molecular flexibility index (Phi) is 7.83. The highest BCUT2D eigenvalue weighted by Gasteiger charge is 2.62. The van der Waals surface area contributed by atoms with Gasteiger partial charge in [0.1, 0.15) is 24.4 Å². The summed E-state index contributed by atoms with van der Waals surface area (Å²) in [6.45, 7) is 2.94. The molecule has 13 nitrogen and oxygen atoms in total. The van der Waals surface area contributed by atoms with Crippen molar-refractivity contribution in [1.29, 1.82) is 0 Å². The number of hydrogen-bond acceptors (Lipinski definition) is 9. The largest absolute Gasteiger partial charge is 0.462 e. The molecule has 1 aliphatic rings. The number of hydrogen-bond donors (Lipinski definition) is 5. The van der Waals surface area contributed by atoms with Crippen LogP contribution in [0.3, 0.4) is 0 Å². The molecule has 2 rings (SSSR count). The molecule has 0 aromatic carbocycles. The number of alkyl halides is 1. The minimum atomic E-state index is -4.74. The topological polar surface area (TPSA) is 189 Å². The molecule has 5 N–H and O–H groups in total. The molecule has 1 aliphatic heterocycles. The first-order valence-corrected chi connectivity index (χ1v) is 11.1. The molecule has 0 saturated carbocycles. The van der Waals surface area contributed by atoms with Gasteiger partial charge in [-0.2, -0.15) is 0 Å². The van der Waals surface area contributed by atoms with Crippen LogP contribution in [0.2, 0.25) is 0 Å². The Morgan fingerprint density at radius 1 is 1.44 bits per heavy atom. The fourth-order valence-electron chi connectivity index (χ4n) is 3.15. The number of esters is 1. The number of halogens is 1. The predicted molar refractivity (Wildman–Crippen MR) is 106 cm³/mol. The van der Waals surface area contributed by atoms with Gasteiger partial charge in [-0.05, 0) is 27.7 Å². The average Bonchev–Trinajstić information content (AvgIpc) is 2.87. The van der Waals surface area contributed by atoms with Crippen molar-refractivity contribution < 1.29 is 42.9 Å². The third-order valence-corrected chi connectivity index (χ3v) is 5.97. The second kappa shape index (κ2) is 9.51. The van der Waals surface area contributed by atoms with Crippen molar-refractivity contribution >= 4 is 13.7 Å². The number of carbonyl (C=O) groups is 1. The summed E-state index contributed by atoms with van der Waals surface area (Å²) in [7, 11) is -4.74. The number of carbonyl (C=O) groups excluding carboxylic acids is 1. The Labute approximate surface area is 181 Å². The van der Waals surface area contributed by atoms with Crippen molar-refractivity contribution in [2.24, 2.45) is 0 Å². The normalized spacial score (nSPS) is 30.8. The van der Waals surface area contributed by atoms with E-state index in [1.165, 1.54) is 6.92 Å². The third-order valence-electron chi connectivity index (χ3n) is 4.77. The van der Waals surface area contributed by atoms with Crippen LogP contribution in [0.1, 0.15) is 33.9 Å². The van der Waals surface area contributed by atoms with E-state index in [0.29, 0.717) is 0 Å². The van der Waals surface area contributed by atoms with Crippen molar-refractivity contribution in [2.45, 2.75) is 63.4 Å². The van der Waals surface area contributed by atoms with E-state index in [2.05, 4.69) is 0 Å². The molecule has 1 unspecified atom stereocenters. The van der Waals surface area contributed by atoms with E-state index >= 15 is 0 Å². The van der Waals surface area contributed by atoms with Gasteiger partial charge >= 0.3 is 19.4 Å². The summed E-state index contributed by atoms with van der Waals surface area (Å²) >= 11 is 0. The Morgan fingerprint density at radius 3 is 2.59 bits per heavy atom. The minimum Gasteiger partial charge on any atom is -0.462 e. The highest BCUT2D eigenvalue weighted by molar-refractivity contribution is 7.50. The van der Waals surface area contributed by atoms with Crippen molar-refractivity contribution in [2.75, 3.05) is 13.3 Å². The van der Waals surface area contributed by atoms with E-state index in [0.717, 1.165) is 23.8 Å². The first-order chi connectivity index (χ1) is 14.6. The van der Waals surface area contributed by atoms with Gasteiger partial charge in [-0.25, -0.2) is 18.8 Å². The molecular formula is C17H27FN3O10P. The van der Waals surface area contributed by atoms with Crippen LogP contribution in [-0.4, -0.2) is 73.4 Å². The van der Waals surface area contributed by atoms with Gasteiger partial charge < -0.3 is 24.6 Å². The van der Waals surface area contributed by atoms with Crippen molar-refractivity contribution in [3.8, 4) is 0 Å². The smallest absolute Gasteiger partial charge is 0.403 e. The van der Waals surface area contributed by atoms with Gasteiger partial charge in [-0.1, -0.05) is 0 Å². The first kappa shape index (κ1) is 26.3. The maximum atomic E-state index is 14.0. The number of aliphatic hydroxyl groups excluding tert-OH is 1. The van der Waals surface area contributed by atoms with Crippen LogP contribution < -0.4 is 16.3 Å². The lowest BCUT2D eigenvalue weighted by atomic mass is 9.88. The Balaban J connectivity index is 2.22. The number of nitrogens with one attached hydrogen (secondary N) is 2. The number of rotatable bonds is 9. The summed E-state index contributed by atoms with van der Waals surface area (Å²) in [4.78, 5) is 47.1. The highest BCUT2D eigenvalue weighted by atomic mass is 31.2. The molecule has 1 fully saturated rings. The number of H-pyrrole nitrogens is 1. The summed E-state index contributed by atoms with van der Waals surface area (Å²) in [6, 6.07) is -0.317. The summed E-state index contributed by atoms with van der Waals surface area (Å²) in [6.07, 6.45) is -3.19. The monoisotopic (exact) mass is 483 g/mol.